The van der Waals surface area contributed by atoms with Gasteiger partial charge in [0.1, 0.15) is 11.6 Å². The van der Waals surface area contributed by atoms with Crippen molar-refractivity contribution >= 4 is 0 Å². The maximum atomic E-state index is 5.53. The fraction of sp³-hybridized carbons (Fsp3) is 0.571. The quantitative estimate of drug-likeness (QED) is 0.924. The lowest BCUT2D eigenvalue weighted by atomic mass is 10.1. The van der Waals surface area contributed by atoms with Gasteiger partial charge in [-0.2, -0.15) is 0 Å². The molecule has 2 atom stereocenters. The largest absolute Gasteiger partial charge is 0.380 e. The summed E-state index contributed by atoms with van der Waals surface area (Å²) in [5.41, 5.74) is 2.12. The van der Waals surface area contributed by atoms with Crippen molar-refractivity contribution < 1.29 is 9.26 Å². The molecular weight excluding hydrogens is 256 g/mol. The molecule has 0 amide bonds. The maximum Gasteiger partial charge on any atom is 0.138 e. The summed E-state index contributed by atoms with van der Waals surface area (Å²) in [5.74, 6) is 1.89. The molecule has 0 aromatic carbocycles. The second-order valence-electron chi connectivity index (χ2n) is 5.32. The second-order valence-corrected chi connectivity index (χ2v) is 5.32. The highest BCUT2D eigenvalue weighted by molar-refractivity contribution is 5.21. The summed E-state index contributed by atoms with van der Waals surface area (Å²) in [5, 5.41) is 4.03. The number of imidazole rings is 1. The monoisotopic (exact) mass is 276 g/mol. The standard InChI is InChI=1S/C14H20N4O2/c1-9-12(10(2)20-17-9)8-18-7-11(19-3)6-13(18)14-15-4-5-16-14/h4-5,11,13H,6-8H2,1-3H3,(H,15,16)/t11-,13?/m1/s1. The Hall–Kier alpha value is -1.66. The highest BCUT2D eigenvalue weighted by atomic mass is 16.5. The van der Waals surface area contributed by atoms with E-state index in [1.807, 2.05) is 20.0 Å². The van der Waals surface area contributed by atoms with E-state index in [9.17, 15) is 0 Å². The predicted molar refractivity (Wildman–Crippen MR) is 73.1 cm³/mol. The van der Waals surface area contributed by atoms with Crippen LogP contribution < -0.4 is 0 Å². The number of hydrogen-bond acceptors (Lipinski definition) is 5. The Labute approximate surface area is 118 Å². The highest BCUT2D eigenvalue weighted by Crippen LogP contribution is 2.33. The number of nitrogens with one attached hydrogen (secondary N) is 1. The molecule has 108 valence electrons. The molecule has 0 radical (unpaired) electrons. The molecular formula is C14H20N4O2. The van der Waals surface area contributed by atoms with Crippen molar-refractivity contribution in [2.75, 3.05) is 13.7 Å². The molecule has 2 aromatic rings. The van der Waals surface area contributed by atoms with E-state index in [2.05, 4.69) is 20.0 Å². The first kappa shape index (κ1) is 13.3. The van der Waals surface area contributed by atoms with Crippen LogP contribution in [0.25, 0.3) is 0 Å². The van der Waals surface area contributed by atoms with Crippen molar-refractivity contribution in [2.45, 2.75) is 39.0 Å². The maximum absolute atomic E-state index is 5.53. The molecule has 0 spiro atoms. The minimum atomic E-state index is 0.241. The van der Waals surface area contributed by atoms with Crippen LogP contribution in [0.2, 0.25) is 0 Å². The van der Waals surface area contributed by atoms with Crippen LogP contribution in [-0.4, -0.2) is 39.8 Å². The number of ether oxygens (including phenoxy) is 1. The van der Waals surface area contributed by atoms with Gasteiger partial charge < -0.3 is 14.2 Å². The Morgan fingerprint density at radius 3 is 2.95 bits per heavy atom. The molecule has 0 aliphatic carbocycles. The van der Waals surface area contributed by atoms with Crippen LogP contribution in [0.15, 0.2) is 16.9 Å². The van der Waals surface area contributed by atoms with E-state index < -0.39 is 0 Å². The minimum Gasteiger partial charge on any atom is -0.380 e. The minimum absolute atomic E-state index is 0.241. The van der Waals surface area contributed by atoms with Gasteiger partial charge in [-0.15, -0.1) is 0 Å². The summed E-state index contributed by atoms with van der Waals surface area (Å²) in [4.78, 5) is 9.99. The van der Waals surface area contributed by atoms with Crippen molar-refractivity contribution in [3.8, 4) is 0 Å². The van der Waals surface area contributed by atoms with Crippen LogP contribution in [0.5, 0.6) is 0 Å². The molecule has 1 fully saturated rings. The van der Waals surface area contributed by atoms with E-state index in [4.69, 9.17) is 9.26 Å². The van der Waals surface area contributed by atoms with Gasteiger partial charge in [0.15, 0.2) is 0 Å². The van der Waals surface area contributed by atoms with Gasteiger partial charge in [-0.3, -0.25) is 4.90 Å². The topological polar surface area (TPSA) is 67.2 Å². The van der Waals surface area contributed by atoms with E-state index in [-0.39, 0.29) is 12.1 Å². The Bertz CT molecular complexity index is 544. The summed E-state index contributed by atoms with van der Waals surface area (Å²) in [6.07, 6.45) is 4.85. The number of H-pyrrole nitrogens is 1. The van der Waals surface area contributed by atoms with Crippen molar-refractivity contribution in [3.63, 3.8) is 0 Å². The predicted octanol–water partition coefficient (Wildman–Crippen LogP) is 1.98. The number of methoxy groups -OCH3 is 1. The number of aromatic amines is 1. The van der Waals surface area contributed by atoms with Crippen molar-refractivity contribution in [1.29, 1.82) is 0 Å². The highest BCUT2D eigenvalue weighted by Gasteiger charge is 2.35. The zero-order valence-electron chi connectivity index (χ0n) is 12.1. The Morgan fingerprint density at radius 2 is 2.35 bits per heavy atom. The number of aryl methyl sites for hydroxylation is 2. The smallest absolute Gasteiger partial charge is 0.138 e. The number of rotatable bonds is 4. The third kappa shape index (κ3) is 2.36. The average Bonchev–Trinajstić information content (AvgIpc) is 3.14. The Kier molecular flexibility index (Phi) is 3.58. The number of nitrogens with zero attached hydrogens (tertiary/aromatic N) is 3. The molecule has 2 aromatic heterocycles. The molecule has 1 saturated heterocycles. The number of hydrogen-bond donors (Lipinski definition) is 1. The zero-order chi connectivity index (χ0) is 14.1. The van der Waals surface area contributed by atoms with Crippen LogP contribution in [0.1, 0.15) is 35.3 Å². The summed E-state index contributed by atoms with van der Waals surface area (Å²) in [6, 6.07) is 0.253. The second kappa shape index (κ2) is 5.38. The molecule has 1 unspecified atom stereocenters. The first-order chi connectivity index (χ1) is 9.69. The Morgan fingerprint density at radius 1 is 1.50 bits per heavy atom. The summed E-state index contributed by atoms with van der Waals surface area (Å²) >= 11 is 0. The van der Waals surface area contributed by atoms with Gasteiger partial charge in [-0.25, -0.2) is 4.98 Å². The molecule has 1 aliphatic rings. The van der Waals surface area contributed by atoms with Gasteiger partial charge in [0.2, 0.25) is 0 Å². The van der Waals surface area contributed by atoms with Crippen molar-refractivity contribution in [1.82, 2.24) is 20.0 Å². The molecule has 1 aliphatic heterocycles. The first-order valence-electron chi connectivity index (χ1n) is 6.87. The summed E-state index contributed by atoms with van der Waals surface area (Å²) in [6.45, 7) is 5.65. The Balaban J connectivity index is 1.83. The first-order valence-corrected chi connectivity index (χ1v) is 6.87. The molecule has 6 nitrogen and oxygen atoms in total. The zero-order valence-corrected chi connectivity index (χ0v) is 12.1. The van der Waals surface area contributed by atoms with Gasteiger partial charge in [-0.05, 0) is 20.3 Å². The molecule has 6 heteroatoms. The van der Waals surface area contributed by atoms with Crippen LogP contribution in [-0.2, 0) is 11.3 Å². The average molecular weight is 276 g/mol. The lowest BCUT2D eigenvalue weighted by Crippen LogP contribution is -2.25. The molecule has 1 N–H and O–H groups in total. The normalized spacial score (nSPS) is 23.6. The SMILES string of the molecule is CO[C@@H]1CC(c2ncc[nH]2)N(Cc2c(C)noc2C)C1. The van der Waals surface area contributed by atoms with Crippen molar-refractivity contribution in [2.24, 2.45) is 0 Å². The van der Waals surface area contributed by atoms with Gasteiger partial charge >= 0.3 is 0 Å². The van der Waals surface area contributed by atoms with E-state index >= 15 is 0 Å². The number of likely N-dealkylation sites (tertiary alicyclic amines) is 1. The fourth-order valence-corrected chi connectivity index (χ4v) is 2.88. The molecule has 20 heavy (non-hydrogen) atoms. The van der Waals surface area contributed by atoms with Gasteiger partial charge in [0.25, 0.3) is 0 Å². The van der Waals surface area contributed by atoms with Gasteiger partial charge in [-0.1, -0.05) is 5.16 Å². The van der Waals surface area contributed by atoms with E-state index in [0.29, 0.717) is 0 Å². The van der Waals surface area contributed by atoms with Gasteiger partial charge in [0.05, 0.1) is 17.8 Å². The lowest BCUT2D eigenvalue weighted by molar-refractivity contribution is 0.107. The third-order valence-corrected chi connectivity index (χ3v) is 4.08. The van der Waals surface area contributed by atoms with Crippen LogP contribution in [0.3, 0.4) is 0 Å². The molecule has 3 heterocycles. The van der Waals surface area contributed by atoms with E-state index in [1.165, 1.54) is 5.56 Å². The fourth-order valence-electron chi connectivity index (χ4n) is 2.88. The van der Waals surface area contributed by atoms with Crippen molar-refractivity contribution in [3.05, 3.63) is 35.2 Å². The van der Waals surface area contributed by atoms with Crippen LogP contribution >= 0.6 is 0 Å². The lowest BCUT2D eigenvalue weighted by Gasteiger charge is -2.22. The van der Waals surface area contributed by atoms with Gasteiger partial charge in [0, 0.05) is 38.2 Å². The molecule has 0 saturated carbocycles. The molecule has 0 bridgehead atoms. The van der Waals surface area contributed by atoms with E-state index in [1.54, 1.807) is 13.3 Å². The summed E-state index contributed by atoms with van der Waals surface area (Å²) < 4.78 is 10.8. The van der Waals surface area contributed by atoms with Crippen LogP contribution in [0, 0.1) is 13.8 Å². The van der Waals surface area contributed by atoms with E-state index in [0.717, 1.165) is 36.8 Å². The summed E-state index contributed by atoms with van der Waals surface area (Å²) in [7, 11) is 1.77. The third-order valence-electron chi connectivity index (χ3n) is 4.08. The number of aromatic nitrogens is 3. The molecule has 3 rings (SSSR count). The van der Waals surface area contributed by atoms with Crippen LogP contribution in [0.4, 0.5) is 0 Å².